The van der Waals surface area contributed by atoms with Crippen LogP contribution in [0.25, 0.3) is 0 Å². The van der Waals surface area contributed by atoms with E-state index in [1.54, 1.807) is 25.1 Å². The number of aryl methyl sites for hydroxylation is 1. The van der Waals surface area contributed by atoms with Gasteiger partial charge < -0.3 is 9.84 Å². The maximum atomic E-state index is 13.4. The first kappa shape index (κ1) is 12.0. The predicted octanol–water partition coefficient (Wildman–Crippen LogP) is 2.53. The van der Waals surface area contributed by atoms with Crippen molar-refractivity contribution in [3.05, 3.63) is 29.6 Å². The molecule has 15 heavy (non-hydrogen) atoms. The Kier molecular flexibility index (Phi) is 4.09. The lowest BCUT2D eigenvalue weighted by Crippen LogP contribution is -2.23. The van der Waals surface area contributed by atoms with Crippen LogP contribution in [0.4, 0.5) is 4.39 Å². The molecule has 3 heteroatoms. The van der Waals surface area contributed by atoms with E-state index in [4.69, 9.17) is 4.74 Å². The summed E-state index contributed by atoms with van der Waals surface area (Å²) < 4.78 is 18.7. The number of hydrogen-bond acceptors (Lipinski definition) is 2. The molecule has 0 heterocycles. The van der Waals surface area contributed by atoms with Crippen molar-refractivity contribution in [2.75, 3.05) is 6.61 Å². The number of aliphatic hydroxyl groups is 1. The number of rotatable bonds is 4. The number of aliphatic hydroxyl groups excluding tert-OH is 1. The molecule has 1 rings (SSSR count). The van der Waals surface area contributed by atoms with Gasteiger partial charge in [-0.3, -0.25) is 0 Å². The van der Waals surface area contributed by atoms with Crippen LogP contribution in [0.5, 0.6) is 5.75 Å². The summed E-state index contributed by atoms with van der Waals surface area (Å²) in [6.45, 7) is 5.58. The standard InChI is InChI=1S/C12H17FO2/c1-8(2)10(14)7-15-11-6-4-5-9(3)12(11)13/h4-6,8,10,14H,7H2,1-3H3. The number of hydrogen-bond donors (Lipinski definition) is 1. The van der Waals surface area contributed by atoms with Crippen LogP contribution in [-0.4, -0.2) is 17.8 Å². The molecule has 84 valence electrons. The highest BCUT2D eigenvalue weighted by molar-refractivity contribution is 5.30. The largest absolute Gasteiger partial charge is 0.488 e. The maximum absolute atomic E-state index is 13.4. The molecular weight excluding hydrogens is 195 g/mol. The molecule has 1 aromatic rings. The highest BCUT2D eigenvalue weighted by atomic mass is 19.1. The Labute approximate surface area is 89.7 Å². The monoisotopic (exact) mass is 212 g/mol. The van der Waals surface area contributed by atoms with E-state index in [9.17, 15) is 9.50 Å². The van der Waals surface area contributed by atoms with Gasteiger partial charge in [-0.1, -0.05) is 26.0 Å². The summed E-state index contributed by atoms with van der Waals surface area (Å²) in [7, 11) is 0. The summed E-state index contributed by atoms with van der Waals surface area (Å²) in [4.78, 5) is 0. The van der Waals surface area contributed by atoms with Crippen molar-refractivity contribution in [1.29, 1.82) is 0 Å². The number of benzene rings is 1. The van der Waals surface area contributed by atoms with Crippen molar-refractivity contribution in [2.24, 2.45) is 5.92 Å². The van der Waals surface area contributed by atoms with Gasteiger partial charge in [0.05, 0.1) is 6.10 Å². The SMILES string of the molecule is Cc1cccc(OCC(O)C(C)C)c1F. The van der Waals surface area contributed by atoms with Crippen LogP contribution in [0, 0.1) is 18.7 Å². The highest BCUT2D eigenvalue weighted by Crippen LogP contribution is 2.20. The average molecular weight is 212 g/mol. The summed E-state index contributed by atoms with van der Waals surface area (Å²) in [5.41, 5.74) is 0.548. The van der Waals surface area contributed by atoms with Gasteiger partial charge in [0.1, 0.15) is 6.61 Å². The second-order valence-corrected chi connectivity index (χ2v) is 4.01. The number of halogens is 1. The van der Waals surface area contributed by atoms with E-state index in [1.165, 1.54) is 0 Å². The third kappa shape index (κ3) is 3.20. The molecule has 0 amide bonds. The van der Waals surface area contributed by atoms with E-state index in [0.29, 0.717) is 5.56 Å². The third-order valence-electron chi connectivity index (χ3n) is 2.34. The fraction of sp³-hybridized carbons (Fsp3) is 0.500. The minimum absolute atomic E-state index is 0.109. The molecule has 0 aromatic heterocycles. The van der Waals surface area contributed by atoms with Gasteiger partial charge in [0.25, 0.3) is 0 Å². The molecule has 0 saturated carbocycles. The van der Waals surface area contributed by atoms with Gasteiger partial charge in [-0.15, -0.1) is 0 Å². The molecule has 0 fully saturated rings. The smallest absolute Gasteiger partial charge is 0.167 e. The van der Waals surface area contributed by atoms with Gasteiger partial charge in [-0.25, -0.2) is 4.39 Å². The fourth-order valence-corrected chi connectivity index (χ4v) is 1.10. The van der Waals surface area contributed by atoms with E-state index < -0.39 is 6.10 Å². The van der Waals surface area contributed by atoms with Crippen LogP contribution >= 0.6 is 0 Å². The second-order valence-electron chi connectivity index (χ2n) is 4.01. The van der Waals surface area contributed by atoms with Gasteiger partial charge in [-0.05, 0) is 24.5 Å². The van der Waals surface area contributed by atoms with Crippen molar-refractivity contribution >= 4 is 0 Å². The Bertz CT molecular complexity index is 323. The zero-order valence-corrected chi connectivity index (χ0v) is 9.33. The Hall–Kier alpha value is -1.09. The summed E-state index contributed by atoms with van der Waals surface area (Å²) in [6.07, 6.45) is -0.565. The Morgan fingerprint density at radius 1 is 1.40 bits per heavy atom. The van der Waals surface area contributed by atoms with Crippen LogP contribution in [0.1, 0.15) is 19.4 Å². The predicted molar refractivity (Wildman–Crippen MR) is 57.5 cm³/mol. The Morgan fingerprint density at radius 3 is 2.67 bits per heavy atom. The van der Waals surface area contributed by atoms with Crippen LogP contribution in [0.2, 0.25) is 0 Å². The van der Waals surface area contributed by atoms with Crippen LogP contribution in [-0.2, 0) is 0 Å². The van der Waals surface area contributed by atoms with Crippen LogP contribution < -0.4 is 4.74 Å². The average Bonchev–Trinajstić information content (AvgIpc) is 2.19. The maximum Gasteiger partial charge on any atom is 0.167 e. The lowest BCUT2D eigenvalue weighted by Gasteiger charge is -2.15. The van der Waals surface area contributed by atoms with Crippen molar-refractivity contribution < 1.29 is 14.2 Å². The summed E-state index contributed by atoms with van der Waals surface area (Å²) in [6, 6.07) is 4.98. The van der Waals surface area contributed by atoms with Gasteiger partial charge in [0.2, 0.25) is 0 Å². The molecule has 1 N–H and O–H groups in total. The van der Waals surface area contributed by atoms with Gasteiger partial charge in [-0.2, -0.15) is 0 Å². The fourth-order valence-electron chi connectivity index (χ4n) is 1.10. The normalized spacial score (nSPS) is 12.9. The third-order valence-corrected chi connectivity index (χ3v) is 2.34. The van der Waals surface area contributed by atoms with Gasteiger partial charge in [0, 0.05) is 0 Å². The molecule has 1 atom stereocenters. The molecular formula is C12H17FO2. The van der Waals surface area contributed by atoms with E-state index in [0.717, 1.165) is 0 Å². The second kappa shape index (κ2) is 5.12. The van der Waals surface area contributed by atoms with Crippen molar-refractivity contribution in [1.82, 2.24) is 0 Å². The molecule has 0 aliphatic rings. The first-order valence-electron chi connectivity index (χ1n) is 5.08. The molecule has 1 unspecified atom stereocenters. The highest BCUT2D eigenvalue weighted by Gasteiger charge is 2.12. The van der Waals surface area contributed by atoms with Crippen molar-refractivity contribution in [3.8, 4) is 5.75 Å². The summed E-state index contributed by atoms with van der Waals surface area (Å²) in [5.74, 6) is -0.0407. The molecule has 0 spiro atoms. The first-order chi connectivity index (χ1) is 7.02. The zero-order chi connectivity index (χ0) is 11.4. The minimum Gasteiger partial charge on any atom is -0.488 e. The van der Waals surface area contributed by atoms with E-state index >= 15 is 0 Å². The summed E-state index contributed by atoms with van der Waals surface area (Å²) in [5, 5.41) is 9.50. The lowest BCUT2D eigenvalue weighted by atomic mass is 10.1. The van der Waals surface area contributed by atoms with Crippen molar-refractivity contribution in [2.45, 2.75) is 26.9 Å². The molecule has 0 radical (unpaired) electrons. The van der Waals surface area contributed by atoms with Crippen molar-refractivity contribution in [3.63, 3.8) is 0 Å². The molecule has 2 nitrogen and oxygen atoms in total. The van der Waals surface area contributed by atoms with Gasteiger partial charge in [0.15, 0.2) is 11.6 Å². The molecule has 0 saturated heterocycles. The number of ether oxygens (including phenoxy) is 1. The molecule has 1 aromatic carbocycles. The summed E-state index contributed by atoms with van der Waals surface area (Å²) >= 11 is 0. The molecule has 0 bridgehead atoms. The Morgan fingerprint density at radius 2 is 2.07 bits per heavy atom. The van der Waals surface area contributed by atoms with Crippen LogP contribution in [0.3, 0.4) is 0 Å². The van der Waals surface area contributed by atoms with E-state index in [1.807, 2.05) is 13.8 Å². The lowest BCUT2D eigenvalue weighted by molar-refractivity contribution is 0.0684. The topological polar surface area (TPSA) is 29.5 Å². The molecule has 0 aliphatic carbocycles. The zero-order valence-electron chi connectivity index (χ0n) is 9.33. The van der Waals surface area contributed by atoms with E-state index in [2.05, 4.69) is 0 Å². The van der Waals surface area contributed by atoms with Crippen LogP contribution in [0.15, 0.2) is 18.2 Å². The Balaban J connectivity index is 2.62. The quantitative estimate of drug-likeness (QED) is 0.831. The molecule has 0 aliphatic heterocycles. The van der Waals surface area contributed by atoms with E-state index in [-0.39, 0.29) is 24.1 Å². The first-order valence-corrected chi connectivity index (χ1v) is 5.08. The van der Waals surface area contributed by atoms with Gasteiger partial charge >= 0.3 is 0 Å². The minimum atomic E-state index is -0.565.